The predicted molar refractivity (Wildman–Crippen MR) is 111 cm³/mol. The molecule has 8 heteroatoms. The first-order valence-electron chi connectivity index (χ1n) is 9.16. The second-order valence-corrected chi connectivity index (χ2v) is 6.39. The van der Waals surface area contributed by atoms with Gasteiger partial charge < -0.3 is 23.6 Å². The summed E-state index contributed by atoms with van der Waals surface area (Å²) in [6.07, 6.45) is 3.18. The number of hydrogen-bond acceptors (Lipinski definition) is 7. The van der Waals surface area contributed by atoms with Crippen LogP contribution in [0.3, 0.4) is 0 Å². The van der Waals surface area contributed by atoms with Crippen LogP contribution in [0.4, 0.5) is 0 Å². The van der Waals surface area contributed by atoms with E-state index in [4.69, 9.17) is 18.7 Å². The van der Waals surface area contributed by atoms with Crippen LogP contribution in [0.5, 0.6) is 17.2 Å². The molecule has 1 aromatic heterocycles. The third-order valence-corrected chi connectivity index (χ3v) is 4.37. The van der Waals surface area contributed by atoms with Gasteiger partial charge in [-0.25, -0.2) is 0 Å². The largest absolute Gasteiger partial charge is 0.497 e. The number of aromatic nitrogens is 2. The van der Waals surface area contributed by atoms with Gasteiger partial charge in [-0.2, -0.15) is 4.98 Å². The van der Waals surface area contributed by atoms with Crippen molar-refractivity contribution in [3.8, 4) is 28.6 Å². The Morgan fingerprint density at radius 3 is 2.60 bits per heavy atom. The Kier molecular flexibility index (Phi) is 6.69. The molecular weight excluding hydrogens is 386 g/mol. The Labute approximate surface area is 174 Å². The molecule has 0 bridgehead atoms. The van der Waals surface area contributed by atoms with Crippen LogP contribution in [-0.4, -0.2) is 49.3 Å². The average Bonchev–Trinajstić information content (AvgIpc) is 3.25. The van der Waals surface area contributed by atoms with E-state index in [0.717, 1.165) is 11.1 Å². The van der Waals surface area contributed by atoms with Crippen LogP contribution in [0.25, 0.3) is 17.5 Å². The highest BCUT2D eigenvalue weighted by Gasteiger charge is 2.14. The molecule has 0 saturated heterocycles. The maximum absolute atomic E-state index is 12.4. The highest BCUT2D eigenvalue weighted by atomic mass is 16.5. The Hall–Kier alpha value is -3.81. The smallest absolute Gasteiger partial charge is 0.246 e. The summed E-state index contributed by atoms with van der Waals surface area (Å²) in [5.41, 5.74) is 1.58. The molecule has 0 atom stereocenters. The van der Waals surface area contributed by atoms with E-state index in [1.165, 1.54) is 11.0 Å². The molecule has 0 radical (unpaired) electrons. The number of likely N-dealkylation sites (N-methyl/N-ethyl adjacent to an activating group) is 1. The molecule has 0 aliphatic rings. The maximum Gasteiger partial charge on any atom is 0.246 e. The SMILES string of the molecule is COc1cccc(-c2noc(CN(C)C(=O)/C=C/c3ccc(OC)c(OC)c3)n2)c1. The summed E-state index contributed by atoms with van der Waals surface area (Å²) in [5, 5.41) is 3.98. The molecule has 8 nitrogen and oxygen atoms in total. The van der Waals surface area contributed by atoms with Crippen molar-refractivity contribution in [2.45, 2.75) is 6.54 Å². The average molecular weight is 409 g/mol. The van der Waals surface area contributed by atoms with Gasteiger partial charge in [0.25, 0.3) is 0 Å². The fourth-order valence-electron chi connectivity index (χ4n) is 2.73. The first-order chi connectivity index (χ1) is 14.5. The number of ether oxygens (including phenoxy) is 3. The van der Waals surface area contributed by atoms with Crippen molar-refractivity contribution in [1.82, 2.24) is 15.0 Å². The highest BCUT2D eigenvalue weighted by molar-refractivity contribution is 5.91. The normalized spacial score (nSPS) is 10.8. The van der Waals surface area contributed by atoms with Crippen LogP contribution in [0.15, 0.2) is 53.1 Å². The van der Waals surface area contributed by atoms with E-state index < -0.39 is 0 Å². The Morgan fingerprint density at radius 1 is 1.07 bits per heavy atom. The summed E-state index contributed by atoms with van der Waals surface area (Å²) in [7, 11) is 6.39. The predicted octanol–water partition coefficient (Wildman–Crippen LogP) is 3.43. The van der Waals surface area contributed by atoms with Gasteiger partial charge >= 0.3 is 0 Å². The summed E-state index contributed by atoms with van der Waals surface area (Å²) in [6, 6.07) is 12.8. The standard InChI is InChI=1S/C22H23N3O5/c1-25(21(26)11-9-15-8-10-18(28-3)19(12-15)29-4)14-20-23-22(24-30-20)16-6-5-7-17(13-16)27-2/h5-13H,14H2,1-4H3/b11-9+. The minimum Gasteiger partial charge on any atom is -0.497 e. The fraction of sp³-hybridized carbons (Fsp3) is 0.227. The van der Waals surface area contributed by atoms with Gasteiger partial charge in [0.1, 0.15) is 5.75 Å². The highest BCUT2D eigenvalue weighted by Crippen LogP contribution is 2.28. The molecule has 0 N–H and O–H groups in total. The fourth-order valence-corrected chi connectivity index (χ4v) is 2.73. The van der Waals surface area contributed by atoms with Gasteiger partial charge in [0, 0.05) is 18.7 Å². The number of benzene rings is 2. The summed E-state index contributed by atoms with van der Waals surface area (Å²) < 4.78 is 21.0. The van der Waals surface area contributed by atoms with Crippen LogP contribution >= 0.6 is 0 Å². The van der Waals surface area contributed by atoms with Gasteiger partial charge in [-0.05, 0) is 35.9 Å². The van der Waals surface area contributed by atoms with Gasteiger partial charge in [0.05, 0.1) is 27.9 Å². The van der Waals surface area contributed by atoms with E-state index in [0.29, 0.717) is 29.0 Å². The van der Waals surface area contributed by atoms with E-state index in [1.54, 1.807) is 46.6 Å². The molecule has 30 heavy (non-hydrogen) atoms. The second kappa shape index (κ2) is 9.60. The van der Waals surface area contributed by atoms with E-state index in [2.05, 4.69) is 10.1 Å². The Bertz CT molecular complexity index is 1040. The molecule has 3 rings (SSSR count). The summed E-state index contributed by atoms with van der Waals surface area (Å²) in [6.45, 7) is 0.187. The number of nitrogens with zero attached hydrogens (tertiary/aromatic N) is 3. The van der Waals surface area contributed by atoms with E-state index in [-0.39, 0.29) is 12.5 Å². The van der Waals surface area contributed by atoms with Gasteiger partial charge in [-0.15, -0.1) is 0 Å². The molecule has 0 aliphatic carbocycles. The molecule has 2 aromatic carbocycles. The third kappa shape index (κ3) is 4.96. The minimum absolute atomic E-state index is 0.187. The Balaban J connectivity index is 1.64. The van der Waals surface area contributed by atoms with Crippen molar-refractivity contribution in [3.05, 3.63) is 60.0 Å². The molecule has 0 aliphatic heterocycles. The quantitative estimate of drug-likeness (QED) is 0.527. The van der Waals surface area contributed by atoms with Gasteiger partial charge in [-0.3, -0.25) is 4.79 Å². The van der Waals surface area contributed by atoms with Crippen LogP contribution < -0.4 is 14.2 Å². The van der Waals surface area contributed by atoms with Crippen LogP contribution in [-0.2, 0) is 11.3 Å². The van der Waals surface area contributed by atoms with Gasteiger partial charge in [-0.1, -0.05) is 23.4 Å². The van der Waals surface area contributed by atoms with Crippen LogP contribution in [0, 0.1) is 0 Å². The summed E-state index contributed by atoms with van der Waals surface area (Å²) in [5.74, 6) is 2.49. The van der Waals surface area contributed by atoms with Gasteiger partial charge in [0.2, 0.25) is 17.6 Å². The lowest BCUT2D eigenvalue weighted by atomic mass is 10.2. The number of methoxy groups -OCH3 is 3. The number of carbonyl (C=O) groups is 1. The minimum atomic E-state index is -0.203. The number of carbonyl (C=O) groups excluding carboxylic acids is 1. The number of hydrogen-bond donors (Lipinski definition) is 0. The molecule has 0 unspecified atom stereocenters. The van der Waals surface area contributed by atoms with Gasteiger partial charge in [0.15, 0.2) is 11.5 Å². The molecule has 1 amide bonds. The zero-order valence-electron chi connectivity index (χ0n) is 17.3. The monoisotopic (exact) mass is 409 g/mol. The van der Waals surface area contributed by atoms with E-state index >= 15 is 0 Å². The molecule has 0 spiro atoms. The van der Waals surface area contributed by atoms with Crippen molar-refractivity contribution < 1.29 is 23.5 Å². The zero-order chi connectivity index (χ0) is 21.5. The summed E-state index contributed by atoms with van der Waals surface area (Å²) >= 11 is 0. The lowest BCUT2D eigenvalue weighted by Gasteiger charge is -2.12. The lowest BCUT2D eigenvalue weighted by molar-refractivity contribution is -0.125. The van der Waals surface area contributed by atoms with Crippen molar-refractivity contribution in [1.29, 1.82) is 0 Å². The third-order valence-electron chi connectivity index (χ3n) is 4.37. The van der Waals surface area contributed by atoms with Crippen molar-refractivity contribution in [2.24, 2.45) is 0 Å². The first-order valence-corrected chi connectivity index (χ1v) is 9.16. The first kappa shape index (κ1) is 20.9. The van der Waals surface area contributed by atoms with E-state index in [1.807, 2.05) is 30.3 Å². The zero-order valence-corrected chi connectivity index (χ0v) is 17.3. The molecule has 0 fully saturated rings. The molecule has 3 aromatic rings. The van der Waals surface area contributed by atoms with Crippen molar-refractivity contribution in [2.75, 3.05) is 28.4 Å². The molecule has 0 saturated carbocycles. The molecule has 156 valence electrons. The molecular formula is C22H23N3O5. The van der Waals surface area contributed by atoms with Crippen molar-refractivity contribution in [3.63, 3.8) is 0 Å². The topological polar surface area (TPSA) is 86.9 Å². The maximum atomic E-state index is 12.4. The lowest BCUT2D eigenvalue weighted by Crippen LogP contribution is -2.24. The van der Waals surface area contributed by atoms with Crippen molar-refractivity contribution >= 4 is 12.0 Å². The number of rotatable bonds is 8. The molecule has 1 heterocycles. The number of amides is 1. The van der Waals surface area contributed by atoms with Crippen LogP contribution in [0.2, 0.25) is 0 Å². The Morgan fingerprint density at radius 2 is 1.87 bits per heavy atom. The second-order valence-electron chi connectivity index (χ2n) is 6.39. The summed E-state index contributed by atoms with van der Waals surface area (Å²) in [4.78, 5) is 18.3. The van der Waals surface area contributed by atoms with E-state index in [9.17, 15) is 4.79 Å². The van der Waals surface area contributed by atoms with Crippen LogP contribution in [0.1, 0.15) is 11.5 Å².